The Bertz CT molecular complexity index is 712. The first-order chi connectivity index (χ1) is 17.5. The van der Waals surface area contributed by atoms with E-state index < -0.39 is 24.2 Å². The smallest absolute Gasteiger partial charge is 0.230 e. The van der Waals surface area contributed by atoms with Crippen LogP contribution >= 0.6 is 0 Å². The van der Waals surface area contributed by atoms with Gasteiger partial charge in [-0.05, 0) is 56.3 Å². The summed E-state index contributed by atoms with van der Waals surface area (Å²) >= 11 is 0. The monoisotopic (exact) mass is 508 g/mol. The number of rotatable bonds is 7. The van der Waals surface area contributed by atoms with Gasteiger partial charge in [0.05, 0.1) is 36.9 Å². The minimum atomic E-state index is -0.857. The van der Waals surface area contributed by atoms with Gasteiger partial charge in [0.2, 0.25) is 5.91 Å². The lowest BCUT2D eigenvalue weighted by molar-refractivity contribution is -0.162. The van der Waals surface area contributed by atoms with Crippen molar-refractivity contribution in [3.05, 3.63) is 0 Å². The molecule has 5 rings (SSSR count). The number of fused-ring (bicyclic) bond motifs is 1. The average Bonchev–Trinajstić information content (AvgIpc) is 3.40. The standard InChI is InChI=1S/C28H48N2O6/c1-34-22-11-19-7-9-30(15-23(19)24(14-22)29-20-8-10-35-17-20)28(33)27-25(32)12-21(31)13-26(27)36-16-18-5-3-2-4-6-18/h18-27,29,31-32H,2-17H2,1H3. The molecule has 3 N–H and O–H groups in total. The van der Waals surface area contributed by atoms with Crippen molar-refractivity contribution in [3.8, 4) is 0 Å². The summed E-state index contributed by atoms with van der Waals surface area (Å²) in [5.74, 6) is 0.868. The first-order valence-electron chi connectivity index (χ1n) is 14.6. The predicted octanol–water partition coefficient (Wildman–Crippen LogP) is 2.10. The van der Waals surface area contributed by atoms with Crippen LogP contribution in [-0.4, -0.2) is 97.5 Å². The zero-order valence-electron chi connectivity index (χ0n) is 22.1. The van der Waals surface area contributed by atoms with Crippen molar-refractivity contribution in [2.75, 3.05) is 40.0 Å². The van der Waals surface area contributed by atoms with Crippen LogP contribution in [-0.2, 0) is 19.0 Å². The lowest BCUT2D eigenvalue weighted by Gasteiger charge is -2.49. The molecule has 2 heterocycles. The molecule has 9 atom stereocenters. The van der Waals surface area contributed by atoms with Crippen LogP contribution in [0.15, 0.2) is 0 Å². The van der Waals surface area contributed by atoms with Crippen LogP contribution in [0.25, 0.3) is 0 Å². The summed E-state index contributed by atoms with van der Waals surface area (Å²) in [6.45, 7) is 3.63. The number of methoxy groups -OCH3 is 1. The molecule has 0 bridgehead atoms. The van der Waals surface area contributed by atoms with Gasteiger partial charge in [0.25, 0.3) is 0 Å². The number of piperidine rings is 1. The third kappa shape index (κ3) is 6.26. The van der Waals surface area contributed by atoms with E-state index in [0.717, 1.165) is 45.4 Å². The van der Waals surface area contributed by atoms with Gasteiger partial charge in [-0.2, -0.15) is 0 Å². The molecule has 9 unspecified atom stereocenters. The molecule has 36 heavy (non-hydrogen) atoms. The van der Waals surface area contributed by atoms with E-state index in [1.165, 1.54) is 32.1 Å². The van der Waals surface area contributed by atoms with Gasteiger partial charge in [0.1, 0.15) is 0 Å². The maximum Gasteiger partial charge on any atom is 0.230 e. The SMILES string of the molecule is COC1CC2CCN(C(=O)C3C(O)CC(O)CC3OCC3CCCCC3)CC2C(NC2CCOC2)C1. The topological polar surface area (TPSA) is 100 Å². The number of hydrogen-bond donors (Lipinski definition) is 3. The second-order valence-electron chi connectivity index (χ2n) is 12.3. The van der Waals surface area contributed by atoms with Crippen molar-refractivity contribution >= 4 is 5.91 Å². The Morgan fingerprint density at radius 1 is 1.06 bits per heavy atom. The van der Waals surface area contributed by atoms with E-state index in [1.807, 2.05) is 12.0 Å². The molecular formula is C28H48N2O6. The van der Waals surface area contributed by atoms with E-state index in [9.17, 15) is 15.0 Å². The lowest BCUT2D eigenvalue weighted by Crippen LogP contribution is -2.60. The van der Waals surface area contributed by atoms with Crippen molar-refractivity contribution in [1.29, 1.82) is 0 Å². The van der Waals surface area contributed by atoms with E-state index >= 15 is 0 Å². The number of nitrogens with zero attached hydrogens (tertiary/aromatic N) is 1. The molecular weight excluding hydrogens is 460 g/mol. The summed E-state index contributed by atoms with van der Waals surface area (Å²) in [5.41, 5.74) is 0. The maximum atomic E-state index is 13.9. The number of aliphatic hydroxyl groups is 2. The molecule has 0 aromatic heterocycles. The number of ether oxygens (including phenoxy) is 3. The fraction of sp³-hybridized carbons (Fsp3) is 0.964. The quantitative estimate of drug-likeness (QED) is 0.484. The van der Waals surface area contributed by atoms with E-state index in [0.29, 0.717) is 49.4 Å². The molecule has 2 aliphatic heterocycles. The number of hydrogen-bond acceptors (Lipinski definition) is 7. The largest absolute Gasteiger partial charge is 0.393 e. The van der Waals surface area contributed by atoms with Crippen LogP contribution in [0.5, 0.6) is 0 Å². The van der Waals surface area contributed by atoms with Gasteiger partial charge in [-0.15, -0.1) is 0 Å². The minimum Gasteiger partial charge on any atom is -0.393 e. The van der Waals surface area contributed by atoms with Gasteiger partial charge >= 0.3 is 0 Å². The Morgan fingerprint density at radius 2 is 1.89 bits per heavy atom. The third-order valence-corrected chi connectivity index (χ3v) is 9.82. The normalized spacial score (nSPS) is 42.3. The van der Waals surface area contributed by atoms with Crippen molar-refractivity contribution < 1.29 is 29.2 Å². The number of nitrogens with one attached hydrogen (secondary N) is 1. The van der Waals surface area contributed by atoms with Crippen molar-refractivity contribution in [3.63, 3.8) is 0 Å². The van der Waals surface area contributed by atoms with E-state index in [-0.39, 0.29) is 18.4 Å². The molecule has 0 spiro atoms. The minimum absolute atomic E-state index is 0.0123. The molecule has 5 fully saturated rings. The molecule has 2 saturated heterocycles. The molecule has 1 amide bonds. The van der Waals surface area contributed by atoms with Gasteiger partial charge in [0.15, 0.2) is 0 Å². The summed E-state index contributed by atoms with van der Waals surface area (Å²) in [6.07, 6.45) is 9.20. The highest BCUT2D eigenvalue weighted by molar-refractivity contribution is 5.80. The molecule has 3 saturated carbocycles. The summed E-state index contributed by atoms with van der Waals surface area (Å²) < 4.78 is 17.7. The summed E-state index contributed by atoms with van der Waals surface area (Å²) in [6, 6.07) is 0.670. The van der Waals surface area contributed by atoms with Crippen LogP contribution in [0, 0.1) is 23.7 Å². The molecule has 8 heteroatoms. The highest BCUT2D eigenvalue weighted by Gasteiger charge is 2.47. The zero-order valence-corrected chi connectivity index (χ0v) is 22.1. The molecule has 5 aliphatic rings. The first-order valence-corrected chi connectivity index (χ1v) is 14.6. The van der Waals surface area contributed by atoms with Gasteiger partial charge in [-0.1, -0.05) is 19.3 Å². The Kier molecular flexibility index (Phi) is 9.23. The van der Waals surface area contributed by atoms with Crippen molar-refractivity contribution in [1.82, 2.24) is 10.2 Å². The van der Waals surface area contributed by atoms with Crippen LogP contribution in [0.2, 0.25) is 0 Å². The lowest BCUT2D eigenvalue weighted by atomic mass is 9.70. The molecule has 8 nitrogen and oxygen atoms in total. The summed E-state index contributed by atoms with van der Waals surface area (Å²) in [4.78, 5) is 15.9. The zero-order chi connectivity index (χ0) is 25.1. The Hall–Kier alpha value is -0.770. The molecule has 0 aromatic rings. The number of amides is 1. The van der Waals surface area contributed by atoms with Crippen molar-refractivity contribution in [2.24, 2.45) is 23.7 Å². The predicted molar refractivity (Wildman–Crippen MR) is 135 cm³/mol. The number of likely N-dealkylation sites (tertiary alicyclic amines) is 1. The van der Waals surface area contributed by atoms with Gasteiger partial charge in [0, 0.05) is 58.3 Å². The van der Waals surface area contributed by atoms with Crippen LogP contribution in [0.1, 0.15) is 70.6 Å². The van der Waals surface area contributed by atoms with E-state index in [4.69, 9.17) is 14.2 Å². The summed E-state index contributed by atoms with van der Waals surface area (Å²) in [7, 11) is 1.81. The average molecular weight is 509 g/mol. The van der Waals surface area contributed by atoms with Crippen LogP contribution in [0.4, 0.5) is 0 Å². The second-order valence-corrected chi connectivity index (χ2v) is 12.3. The van der Waals surface area contributed by atoms with Crippen LogP contribution < -0.4 is 5.32 Å². The van der Waals surface area contributed by atoms with E-state index in [1.54, 1.807) is 0 Å². The maximum absolute atomic E-state index is 13.9. The Morgan fingerprint density at radius 3 is 2.64 bits per heavy atom. The van der Waals surface area contributed by atoms with Gasteiger partial charge in [-0.25, -0.2) is 0 Å². The second kappa shape index (κ2) is 12.4. The Balaban J connectivity index is 1.25. The number of carbonyl (C=O) groups excluding carboxylic acids is 1. The fourth-order valence-electron chi connectivity index (χ4n) is 7.73. The molecule has 206 valence electrons. The summed E-state index contributed by atoms with van der Waals surface area (Å²) in [5, 5.41) is 25.2. The highest BCUT2D eigenvalue weighted by atomic mass is 16.5. The first kappa shape index (κ1) is 26.8. The third-order valence-electron chi connectivity index (χ3n) is 9.82. The number of carbonyl (C=O) groups is 1. The fourth-order valence-corrected chi connectivity index (χ4v) is 7.73. The Labute approximate surface area is 216 Å². The van der Waals surface area contributed by atoms with Gasteiger partial charge < -0.3 is 34.6 Å². The van der Waals surface area contributed by atoms with Gasteiger partial charge in [-0.3, -0.25) is 4.79 Å². The van der Waals surface area contributed by atoms with Crippen LogP contribution in [0.3, 0.4) is 0 Å². The number of aliphatic hydroxyl groups excluding tert-OH is 2. The molecule has 0 radical (unpaired) electrons. The van der Waals surface area contributed by atoms with E-state index in [2.05, 4.69) is 5.32 Å². The molecule has 0 aromatic carbocycles. The van der Waals surface area contributed by atoms with Crippen molar-refractivity contribution in [2.45, 2.75) is 107 Å². The highest BCUT2D eigenvalue weighted by Crippen LogP contribution is 2.40. The molecule has 3 aliphatic carbocycles.